The summed E-state index contributed by atoms with van der Waals surface area (Å²) in [5.74, 6) is 0. The van der Waals surface area contributed by atoms with Crippen LogP contribution in [0.4, 0.5) is 5.69 Å². The molecule has 0 fully saturated rings. The highest BCUT2D eigenvalue weighted by Crippen LogP contribution is 2.30. The van der Waals surface area contributed by atoms with Crippen LogP contribution in [-0.4, -0.2) is 18.6 Å². The van der Waals surface area contributed by atoms with E-state index in [-0.39, 0.29) is 11.5 Å². The maximum atomic E-state index is 4.34. The SMILES string of the molecule is C=CC(CC(=C)c1cccc(C)c1NCC(C)(C)C)NC(C)C.CC.CC. The lowest BCUT2D eigenvalue weighted by Crippen LogP contribution is -2.33. The zero-order valence-electron chi connectivity index (χ0n) is 19.8. The average Bonchev–Trinajstić information content (AvgIpc) is 2.62. The monoisotopic (exact) mass is 374 g/mol. The number of rotatable bonds is 8. The first-order valence-corrected chi connectivity index (χ1v) is 10.5. The number of hydrogen-bond donors (Lipinski definition) is 2. The van der Waals surface area contributed by atoms with E-state index in [1.165, 1.54) is 16.8 Å². The summed E-state index contributed by atoms with van der Waals surface area (Å²) < 4.78 is 0. The normalized spacial score (nSPS) is 11.5. The van der Waals surface area contributed by atoms with E-state index >= 15 is 0 Å². The van der Waals surface area contributed by atoms with Crippen molar-refractivity contribution in [1.82, 2.24) is 5.32 Å². The molecular formula is C25H46N2. The summed E-state index contributed by atoms with van der Waals surface area (Å²) in [5.41, 5.74) is 5.07. The van der Waals surface area contributed by atoms with Crippen LogP contribution >= 0.6 is 0 Å². The van der Waals surface area contributed by atoms with Gasteiger partial charge in [0.1, 0.15) is 0 Å². The number of nitrogens with one attached hydrogen (secondary N) is 2. The van der Waals surface area contributed by atoms with Gasteiger partial charge in [0, 0.05) is 29.9 Å². The second-order valence-corrected chi connectivity index (χ2v) is 7.88. The zero-order valence-corrected chi connectivity index (χ0v) is 19.8. The fourth-order valence-electron chi connectivity index (χ4n) is 2.56. The molecule has 2 heteroatoms. The highest BCUT2D eigenvalue weighted by Gasteiger charge is 2.15. The van der Waals surface area contributed by atoms with Crippen LogP contribution in [0.1, 0.15) is 79.9 Å². The van der Waals surface area contributed by atoms with Gasteiger partial charge in [0.05, 0.1) is 0 Å². The minimum absolute atomic E-state index is 0.240. The fourth-order valence-corrected chi connectivity index (χ4v) is 2.56. The smallest absolute Gasteiger partial charge is 0.0446 e. The Hall–Kier alpha value is -1.54. The van der Waals surface area contributed by atoms with Gasteiger partial charge in [-0.1, -0.05) is 93.2 Å². The van der Waals surface area contributed by atoms with Gasteiger partial charge in [0.2, 0.25) is 0 Å². The van der Waals surface area contributed by atoms with Crippen molar-refractivity contribution in [2.75, 3.05) is 11.9 Å². The molecule has 0 heterocycles. The van der Waals surface area contributed by atoms with Crippen LogP contribution in [0.2, 0.25) is 0 Å². The van der Waals surface area contributed by atoms with Crippen LogP contribution in [0.5, 0.6) is 0 Å². The fraction of sp³-hybridized carbons (Fsp3) is 0.600. The molecule has 0 radical (unpaired) electrons. The van der Waals surface area contributed by atoms with Gasteiger partial charge in [-0.3, -0.25) is 0 Å². The molecule has 0 bridgehead atoms. The number of aryl methyl sites for hydroxylation is 1. The molecule has 1 aromatic rings. The Balaban J connectivity index is 0. The maximum absolute atomic E-state index is 4.34. The first-order chi connectivity index (χ1) is 12.6. The lowest BCUT2D eigenvalue weighted by Gasteiger charge is -2.24. The third kappa shape index (κ3) is 11.7. The molecule has 0 spiro atoms. The zero-order chi connectivity index (χ0) is 21.6. The summed E-state index contributed by atoms with van der Waals surface area (Å²) >= 11 is 0. The summed E-state index contributed by atoms with van der Waals surface area (Å²) in [6.45, 7) is 30.4. The summed E-state index contributed by atoms with van der Waals surface area (Å²) in [4.78, 5) is 0. The first kappa shape index (κ1) is 27.7. The minimum atomic E-state index is 0.240. The van der Waals surface area contributed by atoms with E-state index in [0.717, 1.165) is 18.5 Å². The predicted octanol–water partition coefficient (Wildman–Crippen LogP) is 7.46. The molecule has 27 heavy (non-hydrogen) atoms. The maximum Gasteiger partial charge on any atom is 0.0446 e. The summed E-state index contributed by atoms with van der Waals surface area (Å²) in [6.07, 6.45) is 2.85. The van der Waals surface area contributed by atoms with Crippen LogP contribution in [0, 0.1) is 12.3 Å². The first-order valence-electron chi connectivity index (χ1n) is 10.5. The van der Waals surface area contributed by atoms with Crippen molar-refractivity contribution in [3.8, 4) is 0 Å². The van der Waals surface area contributed by atoms with Gasteiger partial charge in [-0.15, -0.1) is 6.58 Å². The lowest BCUT2D eigenvalue weighted by atomic mass is 9.93. The van der Waals surface area contributed by atoms with E-state index in [4.69, 9.17) is 0 Å². The highest BCUT2D eigenvalue weighted by atomic mass is 14.9. The molecule has 1 unspecified atom stereocenters. The van der Waals surface area contributed by atoms with Gasteiger partial charge in [-0.2, -0.15) is 0 Å². The molecule has 0 saturated heterocycles. The van der Waals surface area contributed by atoms with Crippen molar-refractivity contribution in [2.45, 2.75) is 87.7 Å². The standard InChI is InChI=1S/C21H34N2.2C2H6/c1-9-18(23-15(2)3)13-17(5)19-12-10-11-16(4)20(19)22-14-21(6,7)8;2*1-2/h9-12,15,18,22-23H,1,5,13-14H2,2-4,6-8H3;2*1-2H3. The van der Waals surface area contributed by atoms with Gasteiger partial charge in [-0.25, -0.2) is 0 Å². The topological polar surface area (TPSA) is 24.1 Å². The number of para-hydroxylation sites is 1. The van der Waals surface area contributed by atoms with Gasteiger partial charge in [-0.05, 0) is 29.9 Å². The molecule has 1 rings (SSSR count). The van der Waals surface area contributed by atoms with E-state index in [0.29, 0.717) is 6.04 Å². The van der Waals surface area contributed by atoms with Crippen molar-refractivity contribution >= 4 is 11.3 Å². The highest BCUT2D eigenvalue weighted by molar-refractivity contribution is 5.77. The Labute approximate surface area is 170 Å². The molecule has 1 atom stereocenters. The van der Waals surface area contributed by atoms with Crippen LogP contribution in [0.15, 0.2) is 37.4 Å². The van der Waals surface area contributed by atoms with Crippen LogP contribution in [-0.2, 0) is 0 Å². The van der Waals surface area contributed by atoms with E-state index in [2.05, 4.69) is 83.5 Å². The molecule has 2 N–H and O–H groups in total. The van der Waals surface area contributed by atoms with E-state index in [1.807, 2.05) is 33.8 Å². The summed E-state index contributed by atoms with van der Waals surface area (Å²) in [7, 11) is 0. The molecule has 156 valence electrons. The second-order valence-electron chi connectivity index (χ2n) is 7.88. The molecule has 0 saturated carbocycles. The van der Waals surface area contributed by atoms with Gasteiger partial charge in [0.25, 0.3) is 0 Å². The van der Waals surface area contributed by atoms with E-state index in [1.54, 1.807) is 0 Å². The van der Waals surface area contributed by atoms with Crippen molar-refractivity contribution in [3.05, 3.63) is 48.6 Å². The number of benzene rings is 1. The van der Waals surface area contributed by atoms with Gasteiger partial charge < -0.3 is 10.6 Å². The largest absolute Gasteiger partial charge is 0.384 e. The summed E-state index contributed by atoms with van der Waals surface area (Å²) in [6, 6.07) is 7.10. The molecule has 0 amide bonds. The van der Waals surface area contributed by atoms with E-state index < -0.39 is 0 Å². The predicted molar refractivity (Wildman–Crippen MR) is 128 cm³/mol. The molecule has 1 aromatic carbocycles. The van der Waals surface area contributed by atoms with Gasteiger partial charge >= 0.3 is 0 Å². The molecule has 0 aliphatic rings. The summed E-state index contributed by atoms with van der Waals surface area (Å²) in [5, 5.41) is 7.15. The molecule has 2 nitrogen and oxygen atoms in total. The molecule has 0 aliphatic heterocycles. The van der Waals surface area contributed by atoms with Gasteiger partial charge in [0.15, 0.2) is 0 Å². The molecular weight excluding hydrogens is 328 g/mol. The molecule has 0 aliphatic carbocycles. The Morgan fingerprint density at radius 1 is 1.11 bits per heavy atom. The van der Waals surface area contributed by atoms with E-state index in [9.17, 15) is 0 Å². The van der Waals surface area contributed by atoms with Crippen molar-refractivity contribution in [1.29, 1.82) is 0 Å². The third-order valence-corrected chi connectivity index (χ3v) is 3.75. The lowest BCUT2D eigenvalue weighted by molar-refractivity contribution is 0.443. The molecule has 0 aromatic heterocycles. The quantitative estimate of drug-likeness (QED) is 0.461. The minimum Gasteiger partial charge on any atom is -0.384 e. The number of hydrogen-bond acceptors (Lipinski definition) is 2. The number of anilines is 1. The van der Waals surface area contributed by atoms with Crippen molar-refractivity contribution < 1.29 is 0 Å². The van der Waals surface area contributed by atoms with Crippen molar-refractivity contribution in [2.24, 2.45) is 5.41 Å². The third-order valence-electron chi connectivity index (χ3n) is 3.75. The Kier molecular flexibility index (Phi) is 14.9. The van der Waals surface area contributed by atoms with Crippen LogP contribution < -0.4 is 10.6 Å². The van der Waals surface area contributed by atoms with Crippen LogP contribution in [0.3, 0.4) is 0 Å². The van der Waals surface area contributed by atoms with Crippen LogP contribution in [0.25, 0.3) is 5.57 Å². The average molecular weight is 375 g/mol. The Bertz CT molecular complexity index is 536. The Morgan fingerprint density at radius 2 is 1.67 bits per heavy atom. The second kappa shape index (κ2) is 14.5. The van der Waals surface area contributed by atoms with Crippen molar-refractivity contribution in [3.63, 3.8) is 0 Å². The Morgan fingerprint density at radius 3 is 2.11 bits per heavy atom.